The Hall–Kier alpha value is -4.22. The van der Waals surface area contributed by atoms with E-state index < -0.39 is 5.60 Å². The number of hydrogen-bond donors (Lipinski definition) is 0. The number of benzene rings is 1. The molecule has 3 aromatic rings. The molecule has 1 aliphatic heterocycles. The lowest BCUT2D eigenvalue weighted by atomic mass is 10.2. The van der Waals surface area contributed by atoms with Crippen LogP contribution in [-0.2, 0) is 20.7 Å². The molecule has 0 atom stereocenters. The Morgan fingerprint density at radius 2 is 1.71 bits per heavy atom. The topological polar surface area (TPSA) is 125 Å². The summed E-state index contributed by atoms with van der Waals surface area (Å²) in [6.45, 7) is 9.19. The van der Waals surface area contributed by atoms with Crippen LogP contribution in [0.1, 0.15) is 39.8 Å². The zero-order valence-electron chi connectivity index (χ0n) is 22.2. The van der Waals surface area contributed by atoms with Gasteiger partial charge in [0.25, 0.3) is 5.56 Å². The smallest absolute Gasteiger partial charge is 0.410 e. The summed E-state index contributed by atoms with van der Waals surface area (Å²) in [5.74, 6) is -0.0488. The van der Waals surface area contributed by atoms with Gasteiger partial charge in [-0.1, -0.05) is 5.21 Å². The number of ether oxygens (including phenoxy) is 2. The summed E-state index contributed by atoms with van der Waals surface area (Å²) in [7, 11) is 0. The van der Waals surface area contributed by atoms with E-state index in [0.29, 0.717) is 50.6 Å². The van der Waals surface area contributed by atoms with Gasteiger partial charge in [0.15, 0.2) is 5.82 Å². The van der Waals surface area contributed by atoms with Crippen LogP contribution < -0.4 is 10.5 Å². The molecule has 0 saturated carbocycles. The first-order chi connectivity index (χ1) is 18.1. The predicted molar refractivity (Wildman–Crippen MR) is 140 cm³/mol. The highest BCUT2D eigenvalue weighted by molar-refractivity contribution is 5.69. The van der Waals surface area contributed by atoms with Gasteiger partial charge in [-0.05, 0) is 52.0 Å². The summed E-state index contributed by atoms with van der Waals surface area (Å²) in [5.41, 5.74) is 1.16. The number of carbonyl (C=O) groups excluding carboxylic acids is 2. The van der Waals surface area contributed by atoms with E-state index in [2.05, 4.69) is 15.3 Å². The van der Waals surface area contributed by atoms with Gasteiger partial charge in [-0.2, -0.15) is 0 Å². The van der Waals surface area contributed by atoms with Crippen LogP contribution in [0.15, 0.2) is 47.7 Å². The van der Waals surface area contributed by atoms with E-state index in [1.165, 1.54) is 4.57 Å². The van der Waals surface area contributed by atoms with Crippen molar-refractivity contribution in [3.63, 3.8) is 0 Å². The number of anilines is 1. The average Bonchev–Trinajstić information content (AvgIpc) is 3.43. The molecule has 0 spiro atoms. The van der Waals surface area contributed by atoms with E-state index >= 15 is 0 Å². The summed E-state index contributed by atoms with van der Waals surface area (Å²) in [5, 5.41) is 7.81. The fourth-order valence-corrected chi connectivity index (χ4v) is 4.05. The van der Waals surface area contributed by atoms with Gasteiger partial charge >= 0.3 is 12.1 Å². The fraction of sp³-hybridized carbons (Fsp3) is 0.462. The molecule has 12 nitrogen and oxygen atoms in total. The first-order valence-electron chi connectivity index (χ1n) is 12.6. The van der Waals surface area contributed by atoms with Crippen LogP contribution in [-0.4, -0.2) is 79.9 Å². The van der Waals surface area contributed by atoms with Crippen LogP contribution in [0, 0.1) is 0 Å². The van der Waals surface area contributed by atoms with Crippen molar-refractivity contribution in [3.8, 4) is 11.4 Å². The summed E-state index contributed by atoms with van der Waals surface area (Å²) < 4.78 is 13.7. The molecule has 1 fully saturated rings. The zero-order chi connectivity index (χ0) is 27.3. The third-order valence-electron chi connectivity index (χ3n) is 5.87. The number of nitrogens with zero attached hydrogens (tertiary/aromatic N) is 7. The van der Waals surface area contributed by atoms with Gasteiger partial charge in [0, 0.05) is 44.5 Å². The second-order valence-electron chi connectivity index (χ2n) is 9.85. The lowest BCUT2D eigenvalue weighted by molar-refractivity contribution is -0.143. The van der Waals surface area contributed by atoms with Crippen molar-refractivity contribution in [2.45, 2.75) is 46.1 Å². The minimum absolute atomic E-state index is 0.149. The van der Waals surface area contributed by atoms with Gasteiger partial charge in [0.1, 0.15) is 5.60 Å². The second kappa shape index (κ2) is 11.4. The molecule has 0 unspecified atom stereocenters. The molecule has 0 bridgehead atoms. The minimum Gasteiger partial charge on any atom is -0.466 e. The lowest BCUT2D eigenvalue weighted by Gasteiger charge is -2.36. The first kappa shape index (κ1) is 26.8. The Labute approximate surface area is 220 Å². The normalized spacial score (nSPS) is 13.9. The van der Waals surface area contributed by atoms with Crippen molar-refractivity contribution in [2.24, 2.45) is 0 Å². The Morgan fingerprint density at radius 3 is 2.32 bits per heavy atom. The van der Waals surface area contributed by atoms with E-state index in [1.807, 2.05) is 49.9 Å². The standard InChI is InChI=1S/C26H33N7O5/c1-5-37-22(34)11-6-19-18-32(20-7-9-21(10-8-20)33-13-12-27-29-33)24(35)23(28-19)30-14-16-31(17-15-30)25(36)38-26(2,3)4/h7-10,12-13,18H,5-6,11,14-17H2,1-4H3. The Kier molecular flexibility index (Phi) is 8.08. The molecule has 4 rings (SSSR count). The molecule has 202 valence electrons. The van der Waals surface area contributed by atoms with E-state index in [1.54, 1.807) is 35.1 Å². The number of piperazine rings is 1. The van der Waals surface area contributed by atoms with E-state index in [4.69, 9.17) is 9.47 Å². The molecule has 12 heteroatoms. The quantitative estimate of drug-likeness (QED) is 0.429. The van der Waals surface area contributed by atoms with Gasteiger partial charge in [-0.3, -0.25) is 14.2 Å². The van der Waals surface area contributed by atoms with Gasteiger partial charge < -0.3 is 19.3 Å². The van der Waals surface area contributed by atoms with Crippen LogP contribution in [0.25, 0.3) is 11.4 Å². The SMILES string of the molecule is CCOC(=O)CCc1cn(-c2ccc(-n3ccnn3)cc2)c(=O)c(N2CCN(C(=O)OC(C)(C)C)CC2)n1. The summed E-state index contributed by atoms with van der Waals surface area (Å²) in [6, 6.07) is 7.32. The van der Waals surface area contributed by atoms with Crippen LogP contribution in [0.2, 0.25) is 0 Å². The molecule has 38 heavy (non-hydrogen) atoms. The Bertz CT molecular complexity index is 1310. The number of esters is 1. The second-order valence-corrected chi connectivity index (χ2v) is 9.85. The molecule has 0 N–H and O–H groups in total. The maximum absolute atomic E-state index is 13.6. The van der Waals surface area contributed by atoms with Gasteiger partial charge in [0.2, 0.25) is 0 Å². The van der Waals surface area contributed by atoms with Gasteiger partial charge in [-0.15, -0.1) is 5.10 Å². The van der Waals surface area contributed by atoms with Gasteiger partial charge in [0.05, 0.1) is 36.8 Å². The average molecular weight is 524 g/mol. The lowest BCUT2D eigenvalue weighted by Crippen LogP contribution is -2.51. The van der Waals surface area contributed by atoms with Crippen LogP contribution >= 0.6 is 0 Å². The molecule has 1 aromatic carbocycles. The molecular formula is C26H33N7O5. The summed E-state index contributed by atoms with van der Waals surface area (Å²) >= 11 is 0. The molecule has 2 aromatic heterocycles. The monoisotopic (exact) mass is 523 g/mol. The van der Waals surface area contributed by atoms with Crippen molar-refractivity contribution in [1.29, 1.82) is 0 Å². The van der Waals surface area contributed by atoms with Crippen LogP contribution in [0.5, 0.6) is 0 Å². The van der Waals surface area contributed by atoms with Crippen LogP contribution in [0.4, 0.5) is 10.6 Å². The zero-order valence-corrected chi connectivity index (χ0v) is 22.2. The van der Waals surface area contributed by atoms with E-state index in [-0.39, 0.29) is 29.9 Å². The highest BCUT2D eigenvalue weighted by Crippen LogP contribution is 2.17. The molecule has 1 saturated heterocycles. The van der Waals surface area contributed by atoms with Crippen molar-refractivity contribution in [2.75, 3.05) is 37.7 Å². The molecule has 0 radical (unpaired) electrons. The Balaban J connectivity index is 1.60. The number of hydrogen-bond acceptors (Lipinski definition) is 9. The summed E-state index contributed by atoms with van der Waals surface area (Å²) in [6.07, 6.45) is 5.07. The predicted octanol–water partition coefficient (Wildman–Crippen LogP) is 2.37. The number of carbonyl (C=O) groups is 2. The number of amides is 1. The highest BCUT2D eigenvalue weighted by Gasteiger charge is 2.28. The van der Waals surface area contributed by atoms with Crippen molar-refractivity contribution < 1.29 is 19.1 Å². The van der Waals surface area contributed by atoms with Crippen LogP contribution in [0.3, 0.4) is 0 Å². The Morgan fingerprint density at radius 1 is 1.03 bits per heavy atom. The van der Waals surface area contributed by atoms with Crippen molar-refractivity contribution >= 4 is 17.9 Å². The molecule has 1 aliphatic rings. The maximum Gasteiger partial charge on any atom is 0.410 e. The van der Waals surface area contributed by atoms with Crippen molar-refractivity contribution in [1.82, 2.24) is 29.4 Å². The fourth-order valence-electron chi connectivity index (χ4n) is 4.05. The summed E-state index contributed by atoms with van der Waals surface area (Å²) in [4.78, 5) is 46.2. The third kappa shape index (κ3) is 6.55. The molecule has 0 aliphatic carbocycles. The van der Waals surface area contributed by atoms with E-state index in [9.17, 15) is 14.4 Å². The maximum atomic E-state index is 13.6. The highest BCUT2D eigenvalue weighted by atomic mass is 16.6. The molecular weight excluding hydrogens is 490 g/mol. The first-order valence-corrected chi connectivity index (χ1v) is 12.6. The number of aryl methyl sites for hydroxylation is 1. The largest absolute Gasteiger partial charge is 0.466 e. The van der Waals surface area contributed by atoms with Crippen molar-refractivity contribution in [3.05, 3.63) is 58.9 Å². The number of aromatic nitrogens is 5. The molecule has 1 amide bonds. The third-order valence-corrected chi connectivity index (χ3v) is 5.87. The number of rotatable bonds is 7. The molecule has 3 heterocycles. The van der Waals surface area contributed by atoms with Gasteiger partial charge in [-0.25, -0.2) is 14.5 Å². The van der Waals surface area contributed by atoms with E-state index in [0.717, 1.165) is 5.69 Å². The minimum atomic E-state index is -0.583.